The molecule has 0 radical (unpaired) electrons. The van der Waals surface area contributed by atoms with Crippen LogP contribution in [0.4, 0.5) is 0 Å². The Balaban J connectivity index is 1.67. The van der Waals surface area contributed by atoms with Gasteiger partial charge in [-0.2, -0.15) is 0 Å². The fourth-order valence-electron chi connectivity index (χ4n) is 2.04. The number of hydrogen-bond acceptors (Lipinski definition) is 5. The molecule has 1 fully saturated rings. The minimum atomic E-state index is -0.777. The molecule has 1 aromatic heterocycles. The topological polar surface area (TPSA) is 75.1 Å². The number of aromatic nitrogens is 2. The maximum Gasteiger partial charge on any atom is 0.323 e. The summed E-state index contributed by atoms with van der Waals surface area (Å²) in [6, 6.07) is 2.30. The number of carboxylic acids is 1. The van der Waals surface area contributed by atoms with E-state index in [4.69, 9.17) is 0 Å². The molecule has 20 heavy (non-hydrogen) atoms. The van der Waals surface area contributed by atoms with Crippen molar-refractivity contribution in [2.75, 3.05) is 5.75 Å². The van der Waals surface area contributed by atoms with Gasteiger partial charge in [0.05, 0.1) is 5.03 Å². The van der Waals surface area contributed by atoms with Gasteiger partial charge in [0.2, 0.25) is 0 Å². The second-order valence-electron chi connectivity index (χ2n) is 5.41. The third kappa shape index (κ3) is 4.76. The summed E-state index contributed by atoms with van der Waals surface area (Å²) in [6.07, 6.45) is 8.05. The molecule has 0 amide bonds. The first-order chi connectivity index (χ1) is 9.60. The van der Waals surface area contributed by atoms with Gasteiger partial charge in [0.1, 0.15) is 11.9 Å². The molecule has 1 heterocycles. The van der Waals surface area contributed by atoms with E-state index in [-0.39, 0.29) is 0 Å². The Bertz CT molecular complexity index is 439. The van der Waals surface area contributed by atoms with Crippen molar-refractivity contribution in [3.05, 3.63) is 18.6 Å². The number of nitrogens with one attached hydrogen (secondary N) is 1. The zero-order valence-corrected chi connectivity index (χ0v) is 12.5. The molecule has 5 nitrogen and oxygen atoms in total. The monoisotopic (exact) mass is 295 g/mol. The van der Waals surface area contributed by atoms with Crippen LogP contribution in [-0.4, -0.2) is 38.4 Å². The Kier molecular flexibility index (Phi) is 5.37. The van der Waals surface area contributed by atoms with E-state index in [0.29, 0.717) is 12.5 Å². The number of nitrogens with zero attached hydrogens (tertiary/aromatic N) is 2. The van der Waals surface area contributed by atoms with Crippen LogP contribution in [0.2, 0.25) is 0 Å². The zero-order valence-electron chi connectivity index (χ0n) is 11.7. The van der Waals surface area contributed by atoms with Gasteiger partial charge in [-0.1, -0.05) is 6.42 Å². The lowest BCUT2D eigenvalue weighted by Crippen LogP contribution is -2.50. The molecule has 1 aliphatic carbocycles. The number of aliphatic carboxylic acids is 1. The minimum absolute atomic E-state index is 0.409. The van der Waals surface area contributed by atoms with Crippen molar-refractivity contribution in [3.63, 3.8) is 0 Å². The Morgan fingerprint density at radius 2 is 2.35 bits per heavy atom. The summed E-state index contributed by atoms with van der Waals surface area (Å²) in [5.41, 5.74) is -0.777. The summed E-state index contributed by atoms with van der Waals surface area (Å²) in [7, 11) is 0. The molecule has 1 aromatic rings. The fraction of sp³-hybridized carbons (Fsp3) is 0.643. The van der Waals surface area contributed by atoms with Gasteiger partial charge in [-0.15, -0.1) is 11.8 Å². The average Bonchev–Trinajstić information content (AvgIpc) is 3.23. The number of unbranched alkanes of at least 4 members (excludes halogenated alkanes) is 1. The maximum atomic E-state index is 11.4. The molecule has 2 N–H and O–H groups in total. The van der Waals surface area contributed by atoms with E-state index in [2.05, 4.69) is 15.3 Å². The molecule has 0 spiro atoms. The number of thioether (sulfide) groups is 1. The maximum absolute atomic E-state index is 11.4. The van der Waals surface area contributed by atoms with E-state index >= 15 is 0 Å². The SMILES string of the molecule is CC(CCCCSc1ccncn1)(NC1CC1)C(=O)O. The highest BCUT2D eigenvalue weighted by atomic mass is 32.2. The second kappa shape index (κ2) is 7.04. The van der Waals surface area contributed by atoms with Crippen LogP contribution in [0.15, 0.2) is 23.6 Å². The Morgan fingerprint density at radius 3 is 2.95 bits per heavy atom. The summed E-state index contributed by atoms with van der Waals surface area (Å²) in [5, 5.41) is 13.6. The molecule has 1 aliphatic rings. The Labute approximate surface area is 123 Å². The van der Waals surface area contributed by atoms with Crippen LogP contribution >= 0.6 is 11.8 Å². The minimum Gasteiger partial charge on any atom is -0.480 e. The molecule has 110 valence electrons. The highest BCUT2D eigenvalue weighted by Gasteiger charge is 2.37. The number of hydrogen-bond donors (Lipinski definition) is 2. The van der Waals surface area contributed by atoms with Gasteiger partial charge in [0.25, 0.3) is 0 Å². The highest BCUT2D eigenvalue weighted by molar-refractivity contribution is 7.99. The molecule has 1 saturated carbocycles. The lowest BCUT2D eigenvalue weighted by atomic mass is 9.95. The van der Waals surface area contributed by atoms with Gasteiger partial charge in [-0.3, -0.25) is 10.1 Å². The summed E-state index contributed by atoms with van der Waals surface area (Å²) < 4.78 is 0. The van der Waals surface area contributed by atoms with Gasteiger partial charge in [0, 0.05) is 12.2 Å². The molecule has 1 atom stereocenters. The molecular formula is C14H21N3O2S. The third-order valence-electron chi connectivity index (χ3n) is 3.45. The fourth-order valence-corrected chi connectivity index (χ4v) is 2.88. The summed E-state index contributed by atoms with van der Waals surface area (Å²) in [6.45, 7) is 1.80. The molecule has 0 saturated heterocycles. The smallest absolute Gasteiger partial charge is 0.323 e. The van der Waals surface area contributed by atoms with Crippen molar-refractivity contribution in [2.24, 2.45) is 0 Å². The predicted octanol–water partition coefficient (Wildman–Crippen LogP) is 2.33. The third-order valence-corrected chi connectivity index (χ3v) is 4.48. The van der Waals surface area contributed by atoms with Crippen molar-refractivity contribution in [3.8, 4) is 0 Å². The van der Waals surface area contributed by atoms with Crippen LogP contribution in [0.5, 0.6) is 0 Å². The van der Waals surface area contributed by atoms with E-state index in [9.17, 15) is 9.90 Å². The predicted molar refractivity (Wildman–Crippen MR) is 78.8 cm³/mol. The van der Waals surface area contributed by atoms with Crippen LogP contribution < -0.4 is 5.32 Å². The van der Waals surface area contributed by atoms with Gasteiger partial charge in [-0.05, 0) is 44.4 Å². The van der Waals surface area contributed by atoms with Gasteiger partial charge < -0.3 is 5.11 Å². The summed E-state index contributed by atoms with van der Waals surface area (Å²) >= 11 is 1.69. The first-order valence-electron chi connectivity index (χ1n) is 7.00. The second-order valence-corrected chi connectivity index (χ2v) is 6.52. The van der Waals surface area contributed by atoms with Gasteiger partial charge >= 0.3 is 5.97 Å². The highest BCUT2D eigenvalue weighted by Crippen LogP contribution is 2.26. The molecule has 0 aromatic carbocycles. The first-order valence-corrected chi connectivity index (χ1v) is 7.99. The van der Waals surface area contributed by atoms with Crippen molar-refractivity contribution in [1.29, 1.82) is 0 Å². The number of rotatable bonds is 9. The Morgan fingerprint density at radius 1 is 1.55 bits per heavy atom. The number of carbonyl (C=O) groups is 1. The zero-order chi connectivity index (χ0) is 14.4. The van der Waals surface area contributed by atoms with Gasteiger partial charge in [0.15, 0.2) is 0 Å². The van der Waals surface area contributed by atoms with Crippen molar-refractivity contribution < 1.29 is 9.90 Å². The van der Waals surface area contributed by atoms with Crippen LogP contribution in [-0.2, 0) is 4.79 Å². The van der Waals surface area contributed by atoms with E-state index in [1.165, 1.54) is 0 Å². The van der Waals surface area contributed by atoms with E-state index in [1.807, 2.05) is 6.07 Å². The largest absolute Gasteiger partial charge is 0.480 e. The summed E-state index contributed by atoms with van der Waals surface area (Å²) in [4.78, 5) is 19.4. The van der Waals surface area contributed by atoms with Gasteiger partial charge in [-0.25, -0.2) is 9.97 Å². The van der Waals surface area contributed by atoms with E-state index < -0.39 is 11.5 Å². The van der Waals surface area contributed by atoms with Crippen LogP contribution in [0.1, 0.15) is 39.0 Å². The van der Waals surface area contributed by atoms with Crippen LogP contribution in [0, 0.1) is 0 Å². The first kappa shape index (κ1) is 15.3. The average molecular weight is 295 g/mol. The molecular weight excluding hydrogens is 274 g/mol. The molecule has 0 aliphatic heterocycles. The molecule has 2 rings (SSSR count). The van der Waals surface area contributed by atoms with Crippen LogP contribution in [0.25, 0.3) is 0 Å². The summed E-state index contributed by atoms with van der Waals surface area (Å²) in [5.74, 6) is 0.212. The number of carboxylic acid groups (broad SMARTS) is 1. The quantitative estimate of drug-likeness (QED) is 0.414. The van der Waals surface area contributed by atoms with E-state index in [0.717, 1.165) is 36.5 Å². The van der Waals surface area contributed by atoms with Crippen LogP contribution in [0.3, 0.4) is 0 Å². The Hall–Kier alpha value is -1.14. The molecule has 6 heteroatoms. The van der Waals surface area contributed by atoms with Crippen molar-refractivity contribution >= 4 is 17.7 Å². The lowest BCUT2D eigenvalue weighted by molar-refractivity contribution is -0.144. The normalized spacial score (nSPS) is 17.6. The molecule has 1 unspecified atom stereocenters. The van der Waals surface area contributed by atoms with Crippen molar-refractivity contribution in [1.82, 2.24) is 15.3 Å². The standard InChI is InChI=1S/C14H21N3O2S/c1-14(13(18)19,17-11-4-5-11)7-2-3-9-20-12-6-8-15-10-16-12/h6,8,10-11,17H,2-5,7,9H2,1H3,(H,18,19). The van der Waals surface area contributed by atoms with E-state index in [1.54, 1.807) is 31.2 Å². The molecule has 0 bridgehead atoms. The lowest BCUT2D eigenvalue weighted by Gasteiger charge is -2.26. The van der Waals surface area contributed by atoms with Crippen molar-refractivity contribution in [2.45, 2.75) is 55.6 Å².